The predicted octanol–water partition coefficient (Wildman–Crippen LogP) is 1.56. The van der Waals surface area contributed by atoms with Gasteiger partial charge < -0.3 is 10.8 Å². The third-order valence-electron chi connectivity index (χ3n) is 2.54. The molecule has 0 radical (unpaired) electrons. The molecule has 1 unspecified atom stereocenters. The second-order valence-corrected chi connectivity index (χ2v) is 3.85. The van der Waals surface area contributed by atoms with Crippen molar-refractivity contribution in [3.63, 3.8) is 0 Å². The number of hydrogen-bond acceptors (Lipinski definition) is 2. The summed E-state index contributed by atoms with van der Waals surface area (Å²) >= 11 is 0. The van der Waals surface area contributed by atoms with E-state index < -0.39 is 0 Å². The van der Waals surface area contributed by atoms with Crippen LogP contribution in [0.4, 0.5) is 0 Å². The van der Waals surface area contributed by atoms with Gasteiger partial charge in [0.25, 0.3) is 0 Å². The summed E-state index contributed by atoms with van der Waals surface area (Å²) < 4.78 is 0. The van der Waals surface area contributed by atoms with E-state index in [-0.39, 0.29) is 6.10 Å². The summed E-state index contributed by atoms with van der Waals surface area (Å²) in [5, 5.41) is 9.58. The molecule has 1 aromatic carbocycles. The first-order valence-corrected chi connectivity index (χ1v) is 5.07. The molecule has 0 saturated carbocycles. The molecule has 78 valence electrons. The van der Waals surface area contributed by atoms with Gasteiger partial charge in [-0.05, 0) is 49.9 Å². The van der Waals surface area contributed by atoms with E-state index in [9.17, 15) is 5.11 Å². The fraction of sp³-hybridized carbons (Fsp3) is 0.500. The Morgan fingerprint density at radius 1 is 1.29 bits per heavy atom. The van der Waals surface area contributed by atoms with Crippen LogP contribution in [0.15, 0.2) is 18.2 Å². The Hall–Kier alpha value is -0.860. The molecule has 2 nitrogen and oxygen atoms in total. The molecule has 0 spiro atoms. The van der Waals surface area contributed by atoms with Gasteiger partial charge in [0.2, 0.25) is 0 Å². The summed E-state index contributed by atoms with van der Waals surface area (Å²) in [7, 11) is 0. The smallest absolute Gasteiger partial charge is 0.0592 e. The highest BCUT2D eigenvalue weighted by atomic mass is 16.3. The summed E-state index contributed by atoms with van der Waals surface area (Å²) in [6.45, 7) is 4.73. The lowest BCUT2D eigenvalue weighted by Gasteiger charge is -2.10. The summed E-state index contributed by atoms with van der Waals surface area (Å²) in [4.78, 5) is 0. The lowest BCUT2D eigenvalue weighted by molar-refractivity contribution is 0.167. The van der Waals surface area contributed by atoms with Crippen molar-refractivity contribution in [2.75, 3.05) is 6.54 Å². The molecule has 1 rings (SSSR count). The fourth-order valence-corrected chi connectivity index (χ4v) is 1.50. The van der Waals surface area contributed by atoms with E-state index in [1.54, 1.807) is 0 Å². The molecule has 2 heteroatoms. The molecule has 1 atom stereocenters. The van der Waals surface area contributed by atoms with Crippen LogP contribution in [0.3, 0.4) is 0 Å². The predicted molar refractivity (Wildman–Crippen MR) is 59.3 cm³/mol. The van der Waals surface area contributed by atoms with Gasteiger partial charge in [-0.3, -0.25) is 0 Å². The van der Waals surface area contributed by atoms with Gasteiger partial charge in [0.05, 0.1) is 6.10 Å². The highest BCUT2D eigenvalue weighted by Gasteiger charge is 2.04. The van der Waals surface area contributed by atoms with Crippen molar-refractivity contribution in [3.8, 4) is 0 Å². The molecule has 0 aliphatic heterocycles. The first-order valence-electron chi connectivity index (χ1n) is 5.07. The lowest BCUT2D eigenvalue weighted by Crippen LogP contribution is -2.15. The van der Waals surface area contributed by atoms with Gasteiger partial charge in [-0.2, -0.15) is 0 Å². The van der Waals surface area contributed by atoms with E-state index in [2.05, 4.69) is 32.0 Å². The van der Waals surface area contributed by atoms with Crippen LogP contribution in [0.2, 0.25) is 0 Å². The standard InChI is InChI=1S/C12H19NO/c1-9-3-4-11(7-10(9)2)8-12(14)5-6-13/h3-4,7,12,14H,5-6,8,13H2,1-2H3. The first-order chi connectivity index (χ1) is 6.63. The summed E-state index contributed by atoms with van der Waals surface area (Å²) in [6, 6.07) is 6.30. The molecule has 14 heavy (non-hydrogen) atoms. The average molecular weight is 193 g/mol. The molecular weight excluding hydrogens is 174 g/mol. The third kappa shape index (κ3) is 3.13. The zero-order valence-corrected chi connectivity index (χ0v) is 8.96. The average Bonchev–Trinajstić information content (AvgIpc) is 2.12. The fourth-order valence-electron chi connectivity index (χ4n) is 1.50. The zero-order chi connectivity index (χ0) is 10.6. The van der Waals surface area contributed by atoms with Gasteiger partial charge in [0, 0.05) is 0 Å². The van der Waals surface area contributed by atoms with Crippen LogP contribution < -0.4 is 5.73 Å². The van der Waals surface area contributed by atoms with E-state index >= 15 is 0 Å². The van der Waals surface area contributed by atoms with E-state index in [0.717, 1.165) is 0 Å². The molecule has 0 bridgehead atoms. The van der Waals surface area contributed by atoms with E-state index in [1.165, 1.54) is 16.7 Å². The topological polar surface area (TPSA) is 46.2 Å². The van der Waals surface area contributed by atoms with Crippen molar-refractivity contribution in [2.45, 2.75) is 32.8 Å². The second-order valence-electron chi connectivity index (χ2n) is 3.85. The number of nitrogens with two attached hydrogens (primary N) is 1. The minimum Gasteiger partial charge on any atom is -0.393 e. The van der Waals surface area contributed by atoms with Crippen molar-refractivity contribution >= 4 is 0 Å². The number of aliphatic hydroxyl groups is 1. The highest BCUT2D eigenvalue weighted by molar-refractivity contribution is 5.30. The van der Waals surface area contributed by atoms with Gasteiger partial charge in [-0.1, -0.05) is 18.2 Å². The maximum atomic E-state index is 9.58. The Morgan fingerprint density at radius 3 is 2.57 bits per heavy atom. The summed E-state index contributed by atoms with van der Waals surface area (Å²) in [5.41, 5.74) is 9.14. The molecule has 0 heterocycles. The van der Waals surface area contributed by atoms with Gasteiger partial charge in [-0.15, -0.1) is 0 Å². The lowest BCUT2D eigenvalue weighted by atomic mass is 10.0. The van der Waals surface area contributed by atoms with Gasteiger partial charge in [0.1, 0.15) is 0 Å². The molecule has 0 saturated heterocycles. The van der Waals surface area contributed by atoms with Gasteiger partial charge in [-0.25, -0.2) is 0 Å². The SMILES string of the molecule is Cc1ccc(CC(O)CCN)cc1C. The number of aryl methyl sites for hydroxylation is 2. The molecule has 0 aliphatic carbocycles. The molecule has 1 aromatic rings. The van der Waals surface area contributed by atoms with Crippen molar-refractivity contribution < 1.29 is 5.11 Å². The van der Waals surface area contributed by atoms with Gasteiger partial charge >= 0.3 is 0 Å². The molecule has 0 amide bonds. The number of aliphatic hydroxyl groups excluding tert-OH is 1. The van der Waals surface area contributed by atoms with E-state index in [1.807, 2.05) is 0 Å². The van der Waals surface area contributed by atoms with Crippen molar-refractivity contribution in [1.82, 2.24) is 0 Å². The summed E-state index contributed by atoms with van der Waals surface area (Å²) in [5.74, 6) is 0. The van der Waals surface area contributed by atoms with Crippen LogP contribution in [0, 0.1) is 13.8 Å². The van der Waals surface area contributed by atoms with Crippen LogP contribution in [0.5, 0.6) is 0 Å². The monoisotopic (exact) mass is 193 g/mol. The highest BCUT2D eigenvalue weighted by Crippen LogP contribution is 2.12. The minimum absolute atomic E-state index is 0.304. The molecule has 0 fully saturated rings. The van der Waals surface area contributed by atoms with Crippen molar-refractivity contribution in [3.05, 3.63) is 34.9 Å². The Balaban J connectivity index is 2.63. The Labute approximate surface area is 85.8 Å². The van der Waals surface area contributed by atoms with E-state index in [0.29, 0.717) is 19.4 Å². The quantitative estimate of drug-likeness (QED) is 0.762. The first kappa shape index (κ1) is 11.2. The van der Waals surface area contributed by atoms with Crippen LogP contribution in [0.1, 0.15) is 23.1 Å². The van der Waals surface area contributed by atoms with Crippen LogP contribution in [-0.4, -0.2) is 17.8 Å². The Bertz CT molecular complexity index is 296. The van der Waals surface area contributed by atoms with Crippen LogP contribution in [0.25, 0.3) is 0 Å². The van der Waals surface area contributed by atoms with E-state index in [4.69, 9.17) is 5.73 Å². The number of benzene rings is 1. The maximum Gasteiger partial charge on any atom is 0.0592 e. The van der Waals surface area contributed by atoms with Crippen molar-refractivity contribution in [2.24, 2.45) is 5.73 Å². The molecule has 0 aliphatic rings. The van der Waals surface area contributed by atoms with Gasteiger partial charge in [0.15, 0.2) is 0 Å². The number of rotatable bonds is 4. The van der Waals surface area contributed by atoms with Crippen LogP contribution >= 0.6 is 0 Å². The van der Waals surface area contributed by atoms with Crippen molar-refractivity contribution in [1.29, 1.82) is 0 Å². The third-order valence-corrected chi connectivity index (χ3v) is 2.54. The number of hydrogen-bond donors (Lipinski definition) is 2. The molecule has 3 N–H and O–H groups in total. The summed E-state index contributed by atoms with van der Waals surface area (Å²) in [6.07, 6.45) is 1.08. The minimum atomic E-state index is -0.304. The zero-order valence-electron chi connectivity index (χ0n) is 8.96. The Morgan fingerprint density at radius 2 is 2.00 bits per heavy atom. The molecule has 0 aromatic heterocycles. The Kier molecular flexibility index (Phi) is 4.11. The van der Waals surface area contributed by atoms with Crippen LogP contribution in [-0.2, 0) is 6.42 Å². The largest absolute Gasteiger partial charge is 0.393 e. The maximum absolute atomic E-state index is 9.58. The second kappa shape index (κ2) is 5.13. The normalized spacial score (nSPS) is 12.9. The molecular formula is C12H19NO.